The van der Waals surface area contributed by atoms with Crippen molar-refractivity contribution in [3.05, 3.63) is 64.3 Å². The number of aromatic amines is 1. The number of methoxy groups -OCH3 is 1. The third-order valence-electron chi connectivity index (χ3n) is 4.49. The van der Waals surface area contributed by atoms with Crippen LogP contribution in [0, 0.1) is 0 Å². The fourth-order valence-corrected chi connectivity index (χ4v) is 3.68. The molecule has 0 saturated heterocycles. The topological polar surface area (TPSA) is 41.6 Å². The van der Waals surface area contributed by atoms with Crippen LogP contribution in [0.2, 0.25) is 5.02 Å². The molecule has 0 fully saturated rings. The van der Waals surface area contributed by atoms with Gasteiger partial charge >= 0.3 is 0 Å². The average molecular weight is 314 g/mol. The standard InChI is InChI=1S/C18H17ClN2O/c1-22-11-6-7-16-14(10-11)12-8-9-20-17(18(12)21-16)13-4-2-3-5-15(13)19/h2-7,10,17,20-21H,8-9H2,1H3/p+1/t17-/m1/s1. The molecule has 2 aromatic carbocycles. The van der Waals surface area contributed by atoms with Crippen LogP contribution >= 0.6 is 11.6 Å². The van der Waals surface area contributed by atoms with E-state index in [1.807, 2.05) is 18.2 Å². The lowest BCUT2D eigenvalue weighted by Crippen LogP contribution is -2.87. The van der Waals surface area contributed by atoms with E-state index in [0.29, 0.717) is 0 Å². The van der Waals surface area contributed by atoms with Gasteiger partial charge in [0.25, 0.3) is 0 Å². The predicted molar refractivity (Wildman–Crippen MR) is 88.6 cm³/mol. The van der Waals surface area contributed by atoms with Crippen molar-refractivity contribution in [1.82, 2.24) is 4.98 Å². The molecule has 0 aliphatic carbocycles. The molecule has 1 aromatic heterocycles. The smallest absolute Gasteiger partial charge is 0.154 e. The van der Waals surface area contributed by atoms with Gasteiger partial charge in [0.15, 0.2) is 6.04 Å². The van der Waals surface area contributed by atoms with Crippen LogP contribution in [0.25, 0.3) is 10.9 Å². The molecule has 3 nitrogen and oxygen atoms in total. The van der Waals surface area contributed by atoms with Crippen LogP contribution < -0.4 is 10.1 Å². The van der Waals surface area contributed by atoms with E-state index in [1.165, 1.54) is 22.2 Å². The maximum Gasteiger partial charge on any atom is 0.154 e. The van der Waals surface area contributed by atoms with Crippen LogP contribution in [0.1, 0.15) is 22.9 Å². The van der Waals surface area contributed by atoms with Gasteiger partial charge < -0.3 is 15.0 Å². The first-order valence-corrected chi connectivity index (χ1v) is 7.92. The molecule has 3 N–H and O–H groups in total. The Balaban J connectivity index is 1.90. The summed E-state index contributed by atoms with van der Waals surface area (Å²) in [7, 11) is 1.71. The van der Waals surface area contributed by atoms with Crippen molar-refractivity contribution in [2.75, 3.05) is 13.7 Å². The third kappa shape index (κ3) is 2.09. The van der Waals surface area contributed by atoms with Crippen LogP contribution in [0.5, 0.6) is 5.75 Å². The summed E-state index contributed by atoms with van der Waals surface area (Å²) in [5.41, 5.74) is 4.99. The van der Waals surface area contributed by atoms with Crippen LogP contribution in [0.15, 0.2) is 42.5 Å². The molecule has 0 bridgehead atoms. The minimum absolute atomic E-state index is 0.232. The van der Waals surface area contributed by atoms with E-state index in [2.05, 4.69) is 34.6 Å². The van der Waals surface area contributed by atoms with Crippen molar-refractivity contribution < 1.29 is 10.1 Å². The zero-order valence-corrected chi connectivity index (χ0v) is 13.2. The molecule has 4 heteroatoms. The number of nitrogens with one attached hydrogen (secondary N) is 1. The second-order valence-corrected chi connectivity index (χ2v) is 6.11. The Morgan fingerprint density at radius 2 is 2.09 bits per heavy atom. The van der Waals surface area contributed by atoms with E-state index in [1.54, 1.807) is 7.11 Å². The van der Waals surface area contributed by atoms with Crippen LogP contribution in [0.4, 0.5) is 0 Å². The molecular weight excluding hydrogens is 296 g/mol. The van der Waals surface area contributed by atoms with E-state index in [0.717, 1.165) is 29.3 Å². The summed E-state index contributed by atoms with van der Waals surface area (Å²) in [5, 5.41) is 4.45. The highest BCUT2D eigenvalue weighted by atomic mass is 35.5. The Bertz CT molecular complexity index is 840. The number of H-pyrrole nitrogens is 1. The number of fused-ring (bicyclic) bond motifs is 3. The summed E-state index contributed by atoms with van der Waals surface area (Å²) in [4.78, 5) is 3.60. The van der Waals surface area contributed by atoms with Gasteiger partial charge in [0.2, 0.25) is 0 Å². The molecule has 0 saturated carbocycles. The fourth-order valence-electron chi connectivity index (χ4n) is 3.43. The summed E-state index contributed by atoms with van der Waals surface area (Å²) in [6, 6.07) is 14.6. The van der Waals surface area contributed by atoms with Crippen molar-refractivity contribution in [2.24, 2.45) is 0 Å². The molecule has 1 atom stereocenters. The number of ether oxygens (including phenoxy) is 1. The van der Waals surface area contributed by atoms with Crippen molar-refractivity contribution in [3.8, 4) is 5.75 Å². The Morgan fingerprint density at radius 3 is 2.91 bits per heavy atom. The maximum absolute atomic E-state index is 6.42. The Morgan fingerprint density at radius 1 is 1.23 bits per heavy atom. The van der Waals surface area contributed by atoms with Crippen molar-refractivity contribution in [3.63, 3.8) is 0 Å². The molecule has 0 spiro atoms. The summed E-state index contributed by atoms with van der Waals surface area (Å²) >= 11 is 6.42. The number of quaternary nitrogens is 1. The van der Waals surface area contributed by atoms with Crippen molar-refractivity contribution >= 4 is 22.5 Å². The van der Waals surface area contributed by atoms with Gasteiger partial charge in [0, 0.05) is 22.9 Å². The zero-order valence-electron chi connectivity index (χ0n) is 12.4. The molecular formula is C18H18ClN2O+. The molecule has 0 unspecified atom stereocenters. The summed E-state index contributed by atoms with van der Waals surface area (Å²) < 4.78 is 5.37. The molecule has 112 valence electrons. The Labute approximate surface area is 134 Å². The van der Waals surface area contributed by atoms with E-state index in [4.69, 9.17) is 16.3 Å². The number of aromatic nitrogens is 1. The second kappa shape index (κ2) is 5.34. The van der Waals surface area contributed by atoms with Gasteiger partial charge in [0.1, 0.15) is 5.75 Å². The quantitative estimate of drug-likeness (QED) is 0.750. The highest BCUT2D eigenvalue weighted by Crippen LogP contribution is 2.34. The fraction of sp³-hybridized carbons (Fsp3) is 0.222. The first-order valence-electron chi connectivity index (χ1n) is 7.54. The van der Waals surface area contributed by atoms with Crippen molar-refractivity contribution in [1.29, 1.82) is 0 Å². The molecule has 3 aromatic rings. The van der Waals surface area contributed by atoms with E-state index in [-0.39, 0.29) is 6.04 Å². The van der Waals surface area contributed by atoms with Gasteiger partial charge in [-0.3, -0.25) is 0 Å². The molecule has 0 amide bonds. The van der Waals surface area contributed by atoms with Crippen molar-refractivity contribution in [2.45, 2.75) is 12.5 Å². The summed E-state index contributed by atoms with van der Waals surface area (Å²) in [6.07, 6.45) is 1.06. The number of hydrogen-bond donors (Lipinski definition) is 2. The Kier molecular flexibility index (Phi) is 3.32. The van der Waals surface area contributed by atoms with Gasteiger partial charge in [-0.15, -0.1) is 0 Å². The van der Waals surface area contributed by atoms with E-state index in [9.17, 15) is 0 Å². The van der Waals surface area contributed by atoms with Gasteiger partial charge in [-0.2, -0.15) is 0 Å². The van der Waals surface area contributed by atoms with Crippen LogP contribution in [0.3, 0.4) is 0 Å². The maximum atomic E-state index is 6.42. The lowest BCUT2D eigenvalue weighted by Gasteiger charge is -2.22. The molecule has 1 aliphatic rings. The minimum atomic E-state index is 0.232. The van der Waals surface area contributed by atoms with E-state index >= 15 is 0 Å². The van der Waals surface area contributed by atoms with Crippen LogP contribution in [-0.2, 0) is 6.42 Å². The average Bonchev–Trinajstić information content (AvgIpc) is 2.93. The molecule has 1 aliphatic heterocycles. The summed E-state index contributed by atoms with van der Waals surface area (Å²) in [6.45, 7) is 1.06. The molecule has 2 heterocycles. The molecule has 4 rings (SSSR count). The number of rotatable bonds is 2. The molecule has 22 heavy (non-hydrogen) atoms. The SMILES string of the molecule is COc1ccc2[nH]c3c(c2c1)CC[NH2+][C@@H]3c1ccccc1Cl. The lowest BCUT2D eigenvalue weighted by molar-refractivity contribution is -0.690. The Hall–Kier alpha value is -1.97. The second-order valence-electron chi connectivity index (χ2n) is 5.70. The van der Waals surface area contributed by atoms with Gasteiger partial charge in [-0.1, -0.05) is 29.8 Å². The zero-order chi connectivity index (χ0) is 15.1. The lowest BCUT2D eigenvalue weighted by atomic mass is 9.94. The summed E-state index contributed by atoms with van der Waals surface area (Å²) in [5.74, 6) is 0.901. The highest BCUT2D eigenvalue weighted by Gasteiger charge is 2.29. The number of halogens is 1. The number of hydrogen-bond acceptors (Lipinski definition) is 1. The minimum Gasteiger partial charge on any atom is -0.497 e. The number of nitrogens with two attached hydrogens (primary N) is 1. The predicted octanol–water partition coefficient (Wildman–Crippen LogP) is 3.04. The molecule has 0 radical (unpaired) electrons. The van der Waals surface area contributed by atoms with E-state index < -0.39 is 0 Å². The number of benzene rings is 2. The first kappa shape index (κ1) is 13.7. The monoisotopic (exact) mass is 313 g/mol. The third-order valence-corrected chi connectivity index (χ3v) is 4.84. The van der Waals surface area contributed by atoms with Crippen LogP contribution in [-0.4, -0.2) is 18.6 Å². The highest BCUT2D eigenvalue weighted by molar-refractivity contribution is 6.31. The largest absolute Gasteiger partial charge is 0.497 e. The van der Waals surface area contributed by atoms with Gasteiger partial charge in [-0.25, -0.2) is 0 Å². The normalized spacial score (nSPS) is 17.5. The van der Waals surface area contributed by atoms with Gasteiger partial charge in [0.05, 0.1) is 24.4 Å². The first-order chi connectivity index (χ1) is 10.8. The van der Waals surface area contributed by atoms with Gasteiger partial charge in [-0.05, 0) is 29.8 Å².